The second-order valence-corrected chi connectivity index (χ2v) is 7.64. The minimum absolute atomic E-state index is 0.0345. The molecule has 34 heavy (non-hydrogen) atoms. The van der Waals surface area contributed by atoms with Gasteiger partial charge in [-0.25, -0.2) is 0 Å². The number of carbonyl (C=O) groups excluding carboxylic acids is 3. The molecule has 0 radical (unpaired) electrons. The predicted molar refractivity (Wildman–Crippen MR) is 126 cm³/mol. The first-order chi connectivity index (χ1) is 16.3. The Hall–Kier alpha value is -4.15. The molecule has 2 N–H and O–H groups in total. The highest BCUT2D eigenvalue weighted by atomic mass is 16.6. The Morgan fingerprint density at radius 1 is 1.06 bits per heavy atom. The number of anilines is 2. The third-order valence-electron chi connectivity index (χ3n) is 5.36. The monoisotopic (exact) mass is 469 g/mol. The van der Waals surface area contributed by atoms with Gasteiger partial charge in [-0.05, 0) is 43.3 Å². The lowest BCUT2D eigenvalue weighted by Gasteiger charge is -2.35. The summed E-state index contributed by atoms with van der Waals surface area (Å²) in [7, 11) is 0. The lowest BCUT2D eigenvalue weighted by molar-refractivity contribution is -0.384. The Morgan fingerprint density at radius 2 is 1.74 bits per heavy atom. The van der Waals surface area contributed by atoms with Crippen LogP contribution in [0, 0.1) is 10.1 Å². The topological polar surface area (TPSA) is 134 Å². The van der Waals surface area contributed by atoms with Gasteiger partial charge in [-0.2, -0.15) is 0 Å². The average Bonchev–Trinajstić information content (AvgIpc) is 2.83. The molecule has 1 fully saturated rings. The highest BCUT2D eigenvalue weighted by Crippen LogP contribution is 2.30. The van der Waals surface area contributed by atoms with Gasteiger partial charge in [0.15, 0.2) is 0 Å². The third-order valence-corrected chi connectivity index (χ3v) is 5.36. The lowest BCUT2D eigenvalue weighted by atomic mass is 10.1. The van der Waals surface area contributed by atoms with E-state index in [0.717, 1.165) is 0 Å². The zero-order chi connectivity index (χ0) is 24.7. The molecule has 2 aromatic rings. The third kappa shape index (κ3) is 6.21. The molecule has 0 atom stereocenters. The van der Waals surface area contributed by atoms with Gasteiger partial charge in [0.2, 0.25) is 11.8 Å². The quantitative estimate of drug-likeness (QED) is 0.446. The van der Waals surface area contributed by atoms with Gasteiger partial charge in [-0.15, -0.1) is 0 Å². The first-order valence-electron chi connectivity index (χ1n) is 10.9. The van der Waals surface area contributed by atoms with Crippen LogP contribution >= 0.6 is 0 Å². The van der Waals surface area contributed by atoms with E-state index in [0.29, 0.717) is 49.9 Å². The molecular weight excluding hydrogens is 442 g/mol. The average molecular weight is 469 g/mol. The zero-order valence-corrected chi connectivity index (χ0v) is 19.1. The summed E-state index contributed by atoms with van der Waals surface area (Å²) in [5, 5.41) is 16.8. The van der Waals surface area contributed by atoms with Crippen molar-refractivity contribution in [3.05, 3.63) is 58.1 Å². The van der Waals surface area contributed by atoms with Crippen LogP contribution in [0.4, 0.5) is 17.1 Å². The molecule has 1 aliphatic rings. The number of hydrogen-bond donors (Lipinski definition) is 2. The van der Waals surface area contributed by atoms with Gasteiger partial charge in [0.05, 0.1) is 18.1 Å². The second-order valence-electron chi connectivity index (χ2n) is 7.64. The molecule has 1 saturated heterocycles. The largest absolute Gasteiger partial charge is 0.494 e. The molecule has 3 rings (SSSR count). The Labute approximate surface area is 196 Å². The van der Waals surface area contributed by atoms with E-state index in [-0.39, 0.29) is 23.7 Å². The Balaban J connectivity index is 1.60. The number of nitro benzene ring substituents is 1. The Kier molecular flexibility index (Phi) is 8.01. The standard InChI is InChI=1S/C23H27N5O6/c1-3-34-19-7-5-18(6-8-19)25-22(30)15-24-23(31)17-4-9-20(21(14-17)28(32)33)27-12-10-26(11-13-27)16(2)29/h4-9,14H,3,10-13,15H2,1-2H3,(H,24,31)(H,25,30). The number of benzene rings is 2. The molecule has 0 aliphatic carbocycles. The summed E-state index contributed by atoms with van der Waals surface area (Å²) < 4.78 is 5.35. The molecule has 11 nitrogen and oxygen atoms in total. The van der Waals surface area contributed by atoms with Gasteiger partial charge in [0, 0.05) is 50.4 Å². The number of nitrogens with one attached hydrogen (secondary N) is 2. The van der Waals surface area contributed by atoms with Crippen LogP contribution < -0.4 is 20.3 Å². The van der Waals surface area contributed by atoms with Gasteiger partial charge in [-0.1, -0.05) is 0 Å². The van der Waals surface area contributed by atoms with E-state index >= 15 is 0 Å². The van der Waals surface area contributed by atoms with E-state index in [1.165, 1.54) is 25.1 Å². The van der Waals surface area contributed by atoms with Crippen LogP contribution in [0.2, 0.25) is 0 Å². The summed E-state index contributed by atoms with van der Waals surface area (Å²) in [4.78, 5) is 50.8. The van der Waals surface area contributed by atoms with Crippen LogP contribution in [0.25, 0.3) is 0 Å². The van der Waals surface area contributed by atoms with E-state index in [2.05, 4.69) is 10.6 Å². The van der Waals surface area contributed by atoms with Crippen molar-refractivity contribution in [1.29, 1.82) is 0 Å². The number of nitrogens with zero attached hydrogens (tertiary/aromatic N) is 3. The van der Waals surface area contributed by atoms with Gasteiger partial charge < -0.3 is 25.2 Å². The Bertz CT molecular complexity index is 1060. The first kappa shape index (κ1) is 24.5. The molecule has 0 saturated carbocycles. The summed E-state index contributed by atoms with van der Waals surface area (Å²) in [6, 6.07) is 11.0. The number of hydrogen-bond acceptors (Lipinski definition) is 7. The number of carbonyl (C=O) groups is 3. The van der Waals surface area contributed by atoms with Gasteiger partial charge in [-0.3, -0.25) is 24.5 Å². The molecule has 11 heteroatoms. The lowest BCUT2D eigenvalue weighted by Crippen LogP contribution is -2.48. The smallest absolute Gasteiger partial charge is 0.293 e. The Morgan fingerprint density at radius 3 is 2.32 bits per heavy atom. The van der Waals surface area contributed by atoms with Crippen molar-refractivity contribution in [2.45, 2.75) is 13.8 Å². The number of piperazine rings is 1. The van der Waals surface area contributed by atoms with E-state index < -0.39 is 16.7 Å². The SMILES string of the molecule is CCOc1ccc(NC(=O)CNC(=O)c2ccc(N3CCN(C(C)=O)CC3)c([N+](=O)[O-])c2)cc1. The van der Waals surface area contributed by atoms with Crippen molar-refractivity contribution >= 4 is 34.8 Å². The van der Waals surface area contributed by atoms with Crippen LogP contribution in [-0.4, -0.2) is 66.9 Å². The molecule has 1 heterocycles. The number of rotatable bonds is 8. The summed E-state index contributed by atoms with van der Waals surface area (Å²) >= 11 is 0. The molecule has 180 valence electrons. The highest BCUT2D eigenvalue weighted by molar-refractivity contribution is 6.00. The summed E-state index contributed by atoms with van der Waals surface area (Å²) in [6.45, 7) is 5.45. The van der Waals surface area contributed by atoms with Gasteiger partial charge >= 0.3 is 0 Å². The number of ether oxygens (including phenoxy) is 1. The number of amides is 3. The normalized spacial score (nSPS) is 13.2. The van der Waals surface area contributed by atoms with Crippen LogP contribution in [0.3, 0.4) is 0 Å². The van der Waals surface area contributed by atoms with E-state index in [1.54, 1.807) is 29.2 Å². The van der Waals surface area contributed by atoms with Crippen molar-refractivity contribution in [3.8, 4) is 5.75 Å². The first-order valence-corrected chi connectivity index (χ1v) is 10.9. The minimum Gasteiger partial charge on any atom is -0.494 e. The van der Waals surface area contributed by atoms with E-state index in [9.17, 15) is 24.5 Å². The maximum Gasteiger partial charge on any atom is 0.293 e. The van der Waals surface area contributed by atoms with Gasteiger partial charge in [0.1, 0.15) is 11.4 Å². The maximum atomic E-state index is 12.5. The van der Waals surface area contributed by atoms with Gasteiger partial charge in [0.25, 0.3) is 11.6 Å². The highest BCUT2D eigenvalue weighted by Gasteiger charge is 2.26. The fraction of sp³-hybridized carbons (Fsp3) is 0.348. The molecule has 1 aliphatic heterocycles. The predicted octanol–water partition coefficient (Wildman–Crippen LogP) is 2.03. The zero-order valence-electron chi connectivity index (χ0n) is 19.1. The van der Waals surface area contributed by atoms with Crippen LogP contribution in [0.1, 0.15) is 24.2 Å². The second kappa shape index (κ2) is 11.1. The molecule has 0 spiro atoms. The van der Waals surface area contributed by atoms with E-state index in [4.69, 9.17) is 4.74 Å². The van der Waals surface area contributed by atoms with Crippen LogP contribution in [0.15, 0.2) is 42.5 Å². The molecule has 0 unspecified atom stereocenters. The fourth-order valence-corrected chi connectivity index (χ4v) is 3.61. The summed E-state index contributed by atoms with van der Waals surface area (Å²) in [6.07, 6.45) is 0. The molecule has 0 bridgehead atoms. The van der Waals surface area contributed by atoms with Crippen molar-refractivity contribution in [2.75, 3.05) is 49.5 Å². The maximum absolute atomic E-state index is 12.5. The summed E-state index contributed by atoms with van der Waals surface area (Å²) in [5.41, 5.74) is 0.806. The fourth-order valence-electron chi connectivity index (χ4n) is 3.61. The number of nitro groups is 1. The van der Waals surface area contributed by atoms with E-state index in [1.807, 2.05) is 11.8 Å². The minimum atomic E-state index is -0.599. The summed E-state index contributed by atoms with van der Waals surface area (Å²) in [5.74, 6) is -0.392. The van der Waals surface area contributed by atoms with Crippen LogP contribution in [0.5, 0.6) is 5.75 Å². The van der Waals surface area contributed by atoms with Crippen molar-refractivity contribution in [2.24, 2.45) is 0 Å². The van der Waals surface area contributed by atoms with Crippen LogP contribution in [-0.2, 0) is 9.59 Å². The van der Waals surface area contributed by atoms with Crippen molar-refractivity contribution in [1.82, 2.24) is 10.2 Å². The van der Waals surface area contributed by atoms with Crippen molar-refractivity contribution < 1.29 is 24.0 Å². The molecule has 2 aromatic carbocycles. The molecule has 0 aromatic heterocycles. The molecule has 3 amide bonds. The van der Waals surface area contributed by atoms with Crippen molar-refractivity contribution in [3.63, 3.8) is 0 Å². The molecular formula is C23H27N5O6.